The molecule has 3 rings (SSSR count). The van der Waals surface area contributed by atoms with Crippen molar-refractivity contribution in [1.82, 2.24) is 0 Å². The molecule has 0 heterocycles. The van der Waals surface area contributed by atoms with Gasteiger partial charge in [-0.05, 0) is 40.3 Å². The number of hydrogen-bond donors (Lipinski definition) is 0. The van der Waals surface area contributed by atoms with Gasteiger partial charge in [0.1, 0.15) is 0 Å². The summed E-state index contributed by atoms with van der Waals surface area (Å²) in [6.45, 7) is 4.09. The topological polar surface area (TPSA) is 0 Å². The average Bonchev–Trinajstić information content (AvgIpc) is 2.60. The maximum absolute atomic E-state index is 5.77. The van der Waals surface area contributed by atoms with Gasteiger partial charge in [-0.25, -0.2) is 0 Å². The van der Waals surface area contributed by atoms with Gasteiger partial charge in [0.15, 0.2) is 0 Å². The van der Waals surface area contributed by atoms with Crippen LogP contribution in [0.3, 0.4) is 0 Å². The molecule has 0 fully saturated rings. The van der Waals surface area contributed by atoms with Gasteiger partial charge in [-0.15, -0.1) is 0 Å². The van der Waals surface area contributed by atoms with Gasteiger partial charge in [-0.3, -0.25) is 0 Å². The predicted octanol–water partition coefficient (Wildman–Crippen LogP) is 5.23. The quantitative estimate of drug-likeness (QED) is 0.562. The lowest BCUT2D eigenvalue weighted by molar-refractivity contribution is 0.969. The van der Waals surface area contributed by atoms with E-state index in [1.807, 2.05) is 0 Å². The van der Waals surface area contributed by atoms with Gasteiger partial charge >= 0.3 is 0 Å². The minimum atomic E-state index is 0.493. The monoisotopic (exact) mass is 282 g/mol. The van der Waals surface area contributed by atoms with Crippen molar-refractivity contribution in [2.45, 2.75) is 19.2 Å². The molecule has 3 aromatic carbocycles. The second kappa shape index (κ2) is 6.66. The van der Waals surface area contributed by atoms with E-state index >= 15 is 0 Å². The molecular weight excluding hydrogens is 263 g/mol. The largest absolute Gasteiger partial charge is 0.0960 e. The SMILES string of the molecule is [B]CC(=C)c1ccc(CCc2ccccc2)c2ccccc12. The van der Waals surface area contributed by atoms with Crippen LogP contribution >= 0.6 is 0 Å². The van der Waals surface area contributed by atoms with Crippen LogP contribution in [0.4, 0.5) is 0 Å². The molecular formula is C21H19B. The summed E-state index contributed by atoms with van der Waals surface area (Å²) in [4.78, 5) is 0. The summed E-state index contributed by atoms with van der Waals surface area (Å²) in [5, 5.41) is 2.56. The normalized spacial score (nSPS) is 10.7. The van der Waals surface area contributed by atoms with Crippen molar-refractivity contribution in [2.24, 2.45) is 0 Å². The first-order valence-corrected chi connectivity index (χ1v) is 7.72. The molecule has 0 atom stereocenters. The first-order valence-electron chi connectivity index (χ1n) is 7.72. The summed E-state index contributed by atoms with van der Waals surface area (Å²) in [7, 11) is 5.77. The fourth-order valence-corrected chi connectivity index (χ4v) is 2.92. The summed E-state index contributed by atoms with van der Waals surface area (Å²) < 4.78 is 0. The Morgan fingerprint density at radius 2 is 1.45 bits per heavy atom. The maximum atomic E-state index is 5.77. The van der Waals surface area contributed by atoms with Gasteiger partial charge in [0.05, 0.1) is 7.85 Å². The molecule has 0 nitrogen and oxygen atoms in total. The minimum Gasteiger partial charge on any atom is -0.0960 e. The number of hydrogen-bond acceptors (Lipinski definition) is 0. The Balaban J connectivity index is 1.96. The van der Waals surface area contributed by atoms with E-state index < -0.39 is 0 Å². The van der Waals surface area contributed by atoms with Crippen molar-refractivity contribution < 1.29 is 0 Å². The van der Waals surface area contributed by atoms with E-state index in [1.165, 1.54) is 27.5 Å². The zero-order chi connectivity index (χ0) is 15.4. The van der Waals surface area contributed by atoms with Gasteiger partial charge in [0.25, 0.3) is 0 Å². The second-order valence-corrected chi connectivity index (χ2v) is 5.61. The second-order valence-electron chi connectivity index (χ2n) is 5.61. The van der Waals surface area contributed by atoms with E-state index in [0.29, 0.717) is 6.32 Å². The molecule has 0 saturated heterocycles. The number of aryl methyl sites for hydroxylation is 2. The molecule has 0 aliphatic rings. The Labute approximate surface area is 133 Å². The highest BCUT2D eigenvalue weighted by Gasteiger charge is 2.07. The predicted molar refractivity (Wildman–Crippen MR) is 97.4 cm³/mol. The number of rotatable bonds is 5. The molecule has 2 radical (unpaired) electrons. The van der Waals surface area contributed by atoms with Gasteiger partial charge in [-0.2, -0.15) is 0 Å². The van der Waals surface area contributed by atoms with Gasteiger partial charge in [-0.1, -0.05) is 85.2 Å². The number of benzene rings is 3. The molecule has 3 aromatic rings. The van der Waals surface area contributed by atoms with Crippen molar-refractivity contribution in [2.75, 3.05) is 0 Å². The summed E-state index contributed by atoms with van der Waals surface area (Å²) in [6, 6.07) is 23.6. The smallest absolute Gasteiger partial charge is 0.0716 e. The molecule has 22 heavy (non-hydrogen) atoms. The van der Waals surface area contributed by atoms with Gasteiger partial charge in [0.2, 0.25) is 0 Å². The number of allylic oxidation sites excluding steroid dienone is 1. The molecule has 0 unspecified atom stereocenters. The van der Waals surface area contributed by atoms with Gasteiger partial charge < -0.3 is 0 Å². The van der Waals surface area contributed by atoms with Crippen LogP contribution in [0.5, 0.6) is 0 Å². The van der Waals surface area contributed by atoms with E-state index in [1.54, 1.807) is 0 Å². The fraction of sp³-hybridized carbons (Fsp3) is 0.143. The highest BCUT2D eigenvalue weighted by Crippen LogP contribution is 2.29. The van der Waals surface area contributed by atoms with Crippen molar-refractivity contribution >= 4 is 24.2 Å². The van der Waals surface area contributed by atoms with E-state index in [0.717, 1.165) is 18.4 Å². The van der Waals surface area contributed by atoms with Crippen molar-refractivity contribution in [1.29, 1.82) is 0 Å². The molecule has 106 valence electrons. The summed E-state index contributed by atoms with van der Waals surface area (Å²) in [6.07, 6.45) is 2.59. The molecule has 0 bridgehead atoms. The molecule has 0 aliphatic heterocycles. The van der Waals surface area contributed by atoms with Crippen LogP contribution in [0.2, 0.25) is 6.32 Å². The first-order chi connectivity index (χ1) is 10.8. The number of fused-ring (bicyclic) bond motifs is 1. The molecule has 0 aliphatic carbocycles. The Morgan fingerprint density at radius 1 is 0.773 bits per heavy atom. The Kier molecular flexibility index (Phi) is 4.43. The van der Waals surface area contributed by atoms with E-state index in [4.69, 9.17) is 7.85 Å². The molecule has 0 N–H and O–H groups in total. The molecule has 0 aromatic heterocycles. The van der Waals surface area contributed by atoms with Crippen LogP contribution in [0.15, 0.2) is 73.3 Å². The standard InChI is InChI=1S/C21H19B/c1-16(15-22)19-14-13-18(20-9-5-6-10-21(19)20)12-11-17-7-3-2-4-8-17/h2-10,13-14H,1,11-12,15H2. The lowest BCUT2D eigenvalue weighted by Gasteiger charge is -2.12. The Morgan fingerprint density at radius 3 is 2.18 bits per heavy atom. The highest BCUT2D eigenvalue weighted by molar-refractivity contribution is 6.16. The zero-order valence-electron chi connectivity index (χ0n) is 12.8. The van der Waals surface area contributed by atoms with Crippen LogP contribution in [0.25, 0.3) is 16.3 Å². The summed E-state index contributed by atoms with van der Waals surface area (Å²) in [5.41, 5.74) is 4.92. The minimum absolute atomic E-state index is 0.493. The zero-order valence-corrected chi connectivity index (χ0v) is 12.8. The van der Waals surface area contributed by atoms with Gasteiger partial charge in [0, 0.05) is 0 Å². The molecule has 1 heteroatoms. The fourth-order valence-electron chi connectivity index (χ4n) is 2.92. The molecule has 0 amide bonds. The average molecular weight is 282 g/mol. The lowest BCUT2D eigenvalue weighted by Crippen LogP contribution is -1.95. The summed E-state index contributed by atoms with van der Waals surface area (Å²) >= 11 is 0. The van der Waals surface area contributed by atoms with Crippen LogP contribution in [-0.2, 0) is 12.8 Å². The Bertz CT molecular complexity index is 787. The van der Waals surface area contributed by atoms with E-state index in [9.17, 15) is 0 Å². The van der Waals surface area contributed by atoms with Crippen LogP contribution in [0, 0.1) is 0 Å². The maximum Gasteiger partial charge on any atom is 0.0716 e. The van der Waals surface area contributed by atoms with Crippen LogP contribution in [-0.4, -0.2) is 7.85 Å². The third-order valence-corrected chi connectivity index (χ3v) is 4.17. The first kappa shape index (κ1) is 14.7. The molecule has 0 spiro atoms. The third-order valence-electron chi connectivity index (χ3n) is 4.17. The highest BCUT2D eigenvalue weighted by atomic mass is 14.1. The van der Waals surface area contributed by atoms with E-state index in [2.05, 4.69) is 73.3 Å². The van der Waals surface area contributed by atoms with E-state index in [-0.39, 0.29) is 0 Å². The van der Waals surface area contributed by atoms with Crippen LogP contribution in [0.1, 0.15) is 16.7 Å². The molecule has 0 saturated carbocycles. The summed E-state index contributed by atoms with van der Waals surface area (Å²) in [5.74, 6) is 0. The van der Waals surface area contributed by atoms with Crippen LogP contribution < -0.4 is 0 Å². The lowest BCUT2D eigenvalue weighted by atomic mass is 9.88. The van der Waals surface area contributed by atoms with Crippen molar-refractivity contribution in [3.8, 4) is 0 Å². The van der Waals surface area contributed by atoms with Crippen molar-refractivity contribution in [3.05, 3.63) is 90.0 Å². The Hall–Kier alpha value is -2.28. The van der Waals surface area contributed by atoms with Crippen molar-refractivity contribution in [3.63, 3.8) is 0 Å². The third kappa shape index (κ3) is 2.99.